The Hall–Kier alpha value is -1.10. The number of rotatable bonds is 7. The highest BCUT2D eigenvalue weighted by Crippen LogP contribution is 2.41. The van der Waals surface area contributed by atoms with Crippen LogP contribution >= 0.6 is 11.6 Å². The Balaban J connectivity index is 1.69. The van der Waals surface area contributed by atoms with Gasteiger partial charge in [-0.1, -0.05) is 36.6 Å². The third-order valence-corrected chi connectivity index (χ3v) is 6.01. The molecule has 4 nitrogen and oxygen atoms in total. The molecular weight excluding hydrogens is 336 g/mol. The van der Waals surface area contributed by atoms with Crippen molar-refractivity contribution in [3.05, 3.63) is 34.9 Å². The Bertz CT molecular complexity index is 566. The third-order valence-electron chi connectivity index (χ3n) is 5.76. The molecule has 0 spiro atoms. The van der Waals surface area contributed by atoms with Crippen LogP contribution in [0, 0.1) is 5.41 Å². The number of methoxy groups -OCH3 is 1. The van der Waals surface area contributed by atoms with Gasteiger partial charge in [-0.25, -0.2) is 0 Å². The number of hydrogen-bond acceptors (Lipinski definition) is 3. The van der Waals surface area contributed by atoms with E-state index in [4.69, 9.17) is 16.3 Å². The summed E-state index contributed by atoms with van der Waals surface area (Å²) in [6.45, 7) is 3.35. The number of nitrogens with zero attached hydrogens (tertiary/aromatic N) is 1. The van der Waals surface area contributed by atoms with E-state index in [0.717, 1.165) is 37.4 Å². The van der Waals surface area contributed by atoms with Crippen LogP contribution in [0.2, 0.25) is 5.02 Å². The number of likely N-dealkylation sites (tertiary alicyclic amines) is 1. The number of amides is 1. The number of carbonyl (C=O) groups excluding carboxylic acids is 1. The predicted molar refractivity (Wildman–Crippen MR) is 101 cm³/mol. The van der Waals surface area contributed by atoms with Crippen LogP contribution in [0.15, 0.2) is 24.3 Å². The highest BCUT2D eigenvalue weighted by atomic mass is 35.5. The van der Waals surface area contributed by atoms with Gasteiger partial charge >= 0.3 is 0 Å². The zero-order valence-electron chi connectivity index (χ0n) is 15.1. The molecule has 1 aromatic rings. The van der Waals surface area contributed by atoms with E-state index in [1.54, 1.807) is 7.11 Å². The minimum absolute atomic E-state index is 0.150. The van der Waals surface area contributed by atoms with E-state index in [2.05, 4.69) is 22.3 Å². The quantitative estimate of drug-likeness (QED) is 0.800. The summed E-state index contributed by atoms with van der Waals surface area (Å²) in [4.78, 5) is 15.3. The first-order chi connectivity index (χ1) is 12.1. The van der Waals surface area contributed by atoms with E-state index in [1.807, 2.05) is 12.1 Å². The maximum absolute atomic E-state index is 12.8. The van der Waals surface area contributed by atoms with Crippen molar-refractivity contribution in [2.24, 2.45) is 5.41 Å². The summed E-state index contributed by atoms with van der Waals surface area (Å²) in [6.07, 6.45) is 6.73. The Kier molecular flexibility index (Phi) is 6.37. The van der Waals surface area contributed by atoms with Crippen LogP contribution in [-0.2, 0) is 9.53 Å². The second-order valence-electron chi connectivity index (χ2n) is 7.44. The molecule has 2 aliphatic rings. The molecule has 1 amide bonds. The molecule has 1 saturated carbocycles. The van der Waals surface area contributed by atoms with Gasteiger partial charge in [-0.15, -0.1) is 0 Å². The fraction of sp³-hybridized carbons (Fsp3) is 0.650. The first-order valence-corrected chi connectivity index (χ1v) is 9.79. The van der Waals surface area contributed by atoms with Gasteiger partial charge in [0.05, 0.1) is 18.1 Å². The van der Waals surface area contributed by atoms with Crippen molar-refractivity contribution in [3.63, 3.8) is 0 Å². The second-order valence-corrected chi connectivity index (χ2v) is 7.88. The van der Waals surface area contributed by atoms with Gasteiger partial charge in [-0.3, -0.25) is 9.69 Å². The van der Waals surface area contributed by atoms with Crippen LogP contribution in [0.1, 0.15) is 50.1 Å². The van der Waals surface area contributed by atoms with E-state index in [0.29, 0.717) is 13.2 Å². The topological polar surface area (TPSA) is 41.6 Å². The van der Waals surface area contributed by atoms with Crippen LogP contribution in [0.25, 0.3) is 0 Å². The van der Waals surface area contributed by atoms with Crippen LogP contribution in [-0.4, -0.2) is 44.2 Å². The Morgan fingerprint density at radius 2 is 1.88 bits per heavy atom. The molecule has 0 bridgehead atoms. The molecule has 2 fully saturated rings. The lowest BCUT2D eigenvalue weighted by atomic mass is 9.68. The van der Waals surface area contributed by atoms with Gasteiger partial charge in [0, 0.05) is 18.7 Å². The number of halogens is 1. The first-order valence-electron chi connectivity index (χ1n) is 9.41. The normalized spacial score (nSPS) is 21.4. The van der Waals surface area contributed by atoms with Gasteiger partial charge in [-0.2, -0.15) is 0 Å². The summed E-state index contributed by atoms with van der Waals surface area (Å²) in [5.74, 6) is 0.150. The standard InChI is InChI=1S/C20H29ClN2O2/c1-25-15-20(10-5-11-20)19(24)22-14-18(23-12-3-2-4-13-23)16-6-8-17(21)9-7-16/h6-9,18H,2-5,10-15H2,1H3,(H,22,24)/t18-/m0/s1. The molecule has 25 heavy (non-hydrogen) atoms. The number of benzene rings is 1. The lowest BCUT2D eigenvalue weighted by Gasteiger charge is -2.41. The summed E-state index contributed by atoms with van der Waals surface area (Å²) in [5, 5.41) is 3.98. The molecule has 0 radical (unpaired) electrons. The minimum atomic E-state index is -0.304. The number of ether oxygens (including phenoxy) is 1. The van der Waals surface area contributed by atoms with Crippen LogP contribution in [0.4, 0.5) is 0 Å². The fourth-order valence-electron chi connectivity index (χ4n) is 4.07. The summed E-state index contributed by atoms with van der Waals surface area (Å²) in [5.41, 5.74) is 0.919. The molecule has 0 unspecified atom stereocenters. The van der Waals surface area contributed by atoms with Crippen LogP contribution in [0.3, 0.4) is 0 Å². The molecule has 1 heterocycles. The van der Waals surface area contributed by atoms with E-state index < -0.39 is 0 Å². The monoisotopic (exact) mass is 364 g/mol. The Labute approximate surface area is 155 Å². The molecule has 138 valence electrons. The first kappa shape index (κ1) is 18.7. The zero-order valence-corrected chi connectivity index (χ0v) is 15.9. The second kappa shape index (κ2) is 8.52. The maximum atomic E-state index is 12.8. The molecule has 1 aliphatic heterocycles. The number of carbonyl (C=O) groups is 1. The van der Waals surface area contributed by atoms with Crippen LogP contribution in [0.5, 0.6) is 0 Å². The SMILES string of the molecule is COCC1(C(=O)NC[C@@H](c2ccc(Cl)cc2)N2CCCCC2)CCC1. The highest BCUT2D eigenvalue weighted by Gasteiger charge is 2.44. The predicted octanol–water partition coefficient (Wildman–Crippen LogP) is 3.80. The van der Waals surface area contributed by atoms with Gasteiger partial charge in [0.15, 0.2) is 0 Å². The molecule has 5 heteroatoms. The van der Waals surface area contributed by atoms with Crippen LogP contribution < -0.4 is 5.32 Å². The van der Waals surface area contributed by atoms with Gasteiger partial charge in [-0.05, 0) is 56.5 Å². The average molecular weight is 365 g/mol. The molecule has 1 atom stereocenters. The molecule has 3 rings (SSSR count). The molecule has 1 aromatic carbocycles. The van der Waals surface area contributed by atoms with Crippen molar-refractivity contribution in [2.75, 3.05) is 33.4 Å². The molecule has 0 aromatic heterocycles. The van der Waals surface area contributed by atoms with Gasteiger partial charge in [0.1, 0.15) is 0 Å². The molecular formula is C20H29ClN2O2. The lowest BCUT2D eigenvalue weighted by Crippen LogP contribution is -2.50. The maximum Gasteiger partial charge on any atom is 0.228 e. The van der Waals surface area contributed by atoms with Gasteiger partial charge in [0.2, 0.25) is 5.91 Å². The Morgan fingerprint density at radius 1 is 1.20 bits per heavy atom. The number of piperidine rings is 1. The van der Waals surface area contributed by atoms with Crippen molar-refractivity contribution in [1.82, 2.24) is 10.2 Å². The smallest absolute Gasteiger partial charge is 0.228 e. The summed E-state index contributed by atoms with van der Waals surface area (Å²) in [7, 11) is 1.68. The molecule has 1 aliphatic carbocycles. The van der Waals surface area contributed by atoms with Crippen molar-refractivity contribution < 1.29 is 9.53 Å². The highest BCUT2D eigenvalue weighted by molar-refractivity contribution is 6.30. The average Bonchev–Trinajstić information content (AvgIpc) is 2.60. The number of hydrogen-bond donors (Lipinski definition) is 1. The summed E-state index contributed by atoms with van der Waals surface area (Å²) in [6, 6.07) is 8.26. The van der Waals surface area contributed by atoms with E-state index in [9.17, 15) is 4.79 Å². The van der Waals surface area contributed by atoms with Crippen molar-refractivity contribution >= 4 is 17.5 Å². The third kappa shape index (κ3) is 4.36. The van der Waals surface area contributed by atoms with Crippen molar-refractivity contribution in [2.45, 2.75) is 44.6 Å². The molecule has 1 N–H and O–H groups in total. The van der Waals surface area contributed by atoms with Crippen molar-refractivity contribution in [3.8, 4) is 0 Å². The van der Waals surface area contributed by atoms with E-state index in [1.165, 1.54) is 24.8 Å². The van der Waals surface area contributed by atoms with Gasteiger partial charge < -0.3 is 10.1 Å². The zero-order chi connectivity index (χ0) is 17.7. The largest absolute Gasteiger partial charge is 0.384 e. The van der Waals surface area contributed by atoms with Gasteiger partial charge in [0.25, 0.3) is 0 Å². The van der Waals surface area contributed by atoms with E-state index >= 15 is 0 Å². The minimum Gasteiger partial charge on any atom is -0.384 e. The lowest BCUT2D eigenvalue weighted by molar-refractivity contribution is -0.140. The number of nitrogens with one attached hydrogen (secondary N) is 1. The summed E-state index contributed by atoms with van der Waals surface area (Å²) >= 11 is 6.05. The van der Waals surface area contributed by atoms with Crippen molar-refractivity contribution in [1.29, 1.82) is 0 Å². The van der Waals surface area contributed by atoms with E-state index in [-0.39, 0.29) is 17.4 Å². The Morgan fingerprint density at radius 3 is 2.44 bits per heavy atom. The summed E-state index contributed by atoms with van der Waals surface area (Å²) < 4.78 is 5.31. The fourth-order valence-corrected chi connectivity index (χ4v) is 4.19. The molecule has 1 saturated heterocycles.